The maximum absolute atomic E-state index is 15.2. The number of unbranched alkanes of at least 4 members (excludes halogenated alkanes) is 3. The van der Waals surface area contributed by atoms with Crippen LogP contribution in [0.3, 0.4) is 0 Å². The number of carbonyl (C=O) groups is 5. The number of para-hydroxylation sites is 1. The Balaban J connectivity index is 0.000000277. The third-order valence-corrected chi connectivity index (χ3v) is 31.2. The van der Waals surface area contributed by atoms with E-state index in [0.717, 1.165) is 193 Å². The molecule has 0 aliphatic carbocycles. The maximum Gasteiger partial charge on any atom is 0.255 e. The summed E-state index contributed by atoms with van der Waals surface area (Å²) in [4.78, 5) is 88.0. The largest absolute Gasteiger partial charge is 0.507 e. The number of phenols is 1. The fraction of sp³-hybridized carbons (Fsp3) is 0.902. The summed E-state index contributed by atoms with van der Waals surface area (Å²) in [6.07, 6.45) is 23.8. The van der Waals surface area contributed by atoms with Gasteiger partial charge in [0.15, 0.2) is 0 Å². The van der Waals surface area contributed by atoms with Crippen LogP contribution in [0.2, 0.25) is 0 Å². The van der Waals surface area contributed by atoms with Crippen molar-refractivity contribution < 1.29 is 29.1 Å². The van der Waals surface area contributed by atoms with Crippen molar-refractivity contribution in [1.29, 1.82) is 0 Å². The molecule has 136 heavy (non-hydrogen) atoms. The number of hydrogen-bond acceptors (Lipinski definition) is 19. The second-order valence-electron chi connectivity index (χ2n) is 57.2. The van der Waals surface area contributed by atoms with Crippen LogP contribution in [0.5, 0.6) is 5.75 Å². The highest BCUT2D eigenvalue weighted by molar-refractivity contribution is 5.97. The molecule has 0 atom stereocenters. The number of aromatic hydroxyl groups is 1. The lowest BCUT2D eigenvalue weighted by Gasteiger charge is -2.52. The minimum Gasteiger partial charge on any atom is -0.507 e. The Hall–Kier alpha value is -4.15. The van der Waals surface area contributed by atoms with Gasteiger partial charge in [-0.15, -0.1) is 0 Å². The van der Waals surface area contributed by atoms with Crippen LogP contribution in [0.15, 0.2) is 24.3 Å². The van der Waals surface area contributed by atoms with Crippen LogP contribution in [-0.4, -0.2) is 307 Å². The number of benzene rings is 1. The zero-order chi connectivity index (χ0) is 103. The predicted molar refractivity (Wildman–Crippen MR) is 569 cm³/mol. The lowest BCUT2D eigenvalue weighted by Crippen LogP contribution is -2.65. The molecule has 1 aromatic carbocycles. The molecule has 9 fully saturated rings. The molecule has 10 rings (SSSR count). The number of piperidine rings is 9. The summed E-state index contributed by atoms with van der Waals surface area (Å²) >= 11 is 0. The zero-order valence-electron chi connectivity index (χ0n) is 95.1. The summed E-state index contributed by atoms with van der Waals surface area (Å²) in [5.74, 6) is 0.689. The molecule has 9 saturated heterocycles. The van der Waals surface area contributed by atoms with Gasteiger partial charge in [-0.25, -0.2) is 0 Å². The van der Waals surface area contributed by atoms with Crippen LogP contribution < -0.4 is 53.2 Å². The second kappa shape index (κ2) is 44.0. The highest BCUT2D eigenvalue weighted by Crippen LogP contribution is 2.42. The number of carbonyl (C=O) groups excluding carboxylic acids is 5. The summed E-state index contributed by atoms with van der Waals surface area (Å²) in [5.41, 5.74) is 0.244. The van der Waals surface area contributed by atoms with Gasteiger partial charge in [0.1, 0.15) is 5.75 Å². The van der Waals surface area contributed by atoms with E-state index in [1.165, 1.54) is 6.07 Å². The van der Waals surface area contributed by atoms with Crippen molar-refractivity contribution in [2.45, 2.75) is 571 Å². The van der Waals surface area contributed by atoms with Crippen LogP contribution >= 0.6 is 0 Å². The van der Waals surface area contributed by atoms with Crippen molar-refractivity contribution in [2.75, 3.05) is 79.5 Å². The van der Waals surface area contributed by atoms with Crippen molar-refractivity contribution in [3.05, 3.63) is 29.8 Å². The summed E-state index contributed by atoms with van der Waals surface area (Å²) in [6, 6.07) is 9.16. The molecule has 0 radical (unpaired) electrons. The van der Waals surface area contributed by atoms with E-state index in [1.807, 2.05) is 0 Å². The smallest absolute Gasteiger partial charge is 0.255 e. The molecule has 0 aromatic heterocycles. The van der Waals surface area contributed by atoms with E-state index >= 15 is 9.59 Å². The first-order chi connectivity index (χ1) is 61.5. The summed E-state index contributed by atoms with van der Waals surface area (Å²) < 4.78 is 0. The molecular weight excluding hydrogens is 1690 g/mol. The lowest BCUT2D eigenvalue weighted by molar-refractivity contribution is -0.139. The monoisotopic (exact) mass is 1910 g/mol. The Morgan fingerprint density at radius 2 is 0.493 bits per heavy atom. The van der Waals surface area contributed by atoms with E-state index in [9.17, 15) is 19.5 Å². The Morgan fingerprint density at radius 1 is 0.272 bits per heavy atom. The molecule has 24 heteroatoms. The number of nitrogens with one attached hydrogen (secondary N) is 10. The van der Waals surface area contributed by atoms with Crippen LogP contribution in [0.25, 0.3) is 0 Å². The number of amides is 5. The average molecular weight is 1910 g/mol. The first-order valence-electron chi connectivity index (χ1n) is 53.8. The van der Waals surface area contributed by atoms with Gasteiger partial charge in [-0.3, -0.25) is 33.8 Å². The fourth-order valence-corrected chi connectivity index (χ4v) is 29.6. The zero-order valence-corrected chi connectivity index (χ0v) is 95.1. The number of nitrogens with zero attached hydrogens (tertiary/aromatic N) is 8. The van der Waals surface area contributed by atoms with Crippen LogP contribution in [0.1, 0.15) is 428 Å². The molecule has 9 aliphatic rings. The van der Waals surface area contributed by atoms with Crippen LogP contribution in [0.4, 0.5) is 0 Å². The van der Waals surface area contributed by atoms with E-state index < -0.39 is 0 Å². The Kier molecular flexibility index (Phi) is 37.9. The molecule has 24 nitrogen and oxygen atoms in total. The SMILES string of the molecule is CC(=O)N(CCCCCCN(C(=O)CN(CCN(C)C1CC(C)(C)NC(C)(C)C1)C1CC(C)(C)NC(C)(C)C1)C1CC(C)(C)NC(C)(C)C1)C1CC(C)(C)NC(C)(C)C1.CC(=O)N(CCCN(C(=O)CN(CCCN(C)C1CC(C)(C)NC(C)(C)C1)C1CC(C)(C)NC(C)(C)C1)C1CC(C)(C)NC(C)(C)C1)C1CC(C)(C)NC(C)(C)C1.CC1(C)CC(NC(=O)c2ccccc2O)CC(C)(C)N1. The summed E-state index contributed by atoms with van der Waals surface area (Å²) in [5, 5.41) is 47.2. The van der Waals surface area contributed by atoms with Crippen molar-refractivity contribution in [3.63, 3.8) is 0 Å². The molecule has 0 saturated carbocycles. The number of phenolic OH excluding ortho intramolecular Hbond substituents is 1. The predicted octanol–water partition coefficient (Wildman–Crippen LogP) is 17.0. The highest BCUT2D eigenvalue weighted by atomic mass is 16.3. The van der Waals surface area contributed by atoms with E-state index in [2.05, 4.69) is 356 Å². The third-order valence-electron chi connectivity index (χ3n) is 31.2. The van der Waals surface area contributed by atoms with Crippen LogP contribution in [0, 0.1) is 0 Å². The van der Waals surface area contributed by atoms with Gasteiger partial charge in [0.25, 0.3) is 5.91 Å². The first kappa shape index (κ1) is 117. The quantitative estimate of drug-likeness (QED) is 0.0300. The summed E-state index contributed by atoms with van der Waals surface area (Å²) in [7, 11) is 4.63. The normalized spacial score (nSPS) is 26.0. The molecule has 786 valence electrons. The van der Waals surface area contributed by atoms with E-state index in [4.69, 9.17) is 0 Å². The van der Waals surface area contributed by atoms with Gasteiger partial charge in [0.2, 0.25) is 23.6 Å². The van der Waals surface area contributed by atoms with Crippen molar-refractivity contribution in [2.24, 2.45) is 0 Å². The molecule has 0 bridgehead atoms. The van der Waals surface area contributed by atoms with Crippen molar-refractivity contribution >= 4 is 29.5 Å². The highest BCUT2D eigenvalue weighted by Gasteiger charge is 2.51. The van der Waals surface area contributed by atoms with Gasteiger partial charge in [-0.1, -0.05) is 25.0 Å². The molecule has 11 N–H and O–H groups in total. The maximum atomic E-state index is 15.2. The van der Waals surface area contributed by atoms with Gasteiger partial charge in [0, 0.05) is 214 Å². The van der Waals surface area contributed by atoms with Crippen molar-refractivity contribution in [1.82, 2.24) is 92.4 Å². The van der Waals surface area contributed by atoms with Crippen LogP contribution in [-0.2, 0) is 19.2 Å². The Bertz CT molecular complexity index is 3930. The molecule has 5 amide bonds. The molecule has 0 unspecified atom stereocenters. The molecule has 0 spiro atoms. The topological polar surface area (TPSA) is 252 Å². The summed E-state index contributed by atoms with van der Waals surface area (Å²) in [6.45, 7) is 93.5. The minimum absolute atomic E-state index is 0.00116. The standard InChI is InChI=1S/C49H96N8O2.C47H92N8O2.C16H24N2O2/c1-36(58)56(39-31-46(10,11)52-47(12,13)32-39)23-21-19-20-22-24-57(40-33-48(14,15)53-49(16,17)34-40)41(59)35-55(38-29-44(6,7)51-45(8,9)30-38)26-25-54(18)37-27-42(2,3)50-43(4,5)28-37;1-34(56)54(37-29-44(10,11)50-45(12,13)30-37)23-20-24-55(38-31-46(14,15)51-47(16,17)32-38)39(57)33-53(36-27-42(6,7)49-43(8,9)28-36)22-19-21-52(18)35-25-40(2,3)48-41(4,5)26-35;1-15(2)9-11(10-16(3,4)18-15)17-14(20)12-7-5-6-8-13(12)19/h37-40,50-53H,19-35H2,1-18H3;35-38,48-51H,19-33H2,1-18H3;5-8,11,18-19H,9-10H2,1-4H3,(H,17,20). The Labute approximate surface area is 832 Å². The second-order valence-corrected chi connectivity index (χ2v) is 57.2. The Morgan fingerprint density at radius 3 is 0.779 bits per heavy atom. The third kappa shape index (κ3) is 37.2. The minimum atomic E-state index is -0.207. The molecule has 9 aliphatic heterocycles. The first-order valence-corrected chi connectivity index (χ1v) is 53.8. The van der Waals surface area contributed by atoms with Gasteiger partial charge >= 0.3 is 0 Å². The molecule has 9 heterocycles. The van der Waals surface area contributed by atoms with Crippen molar-refractivity contribution in [3.8, 4) is 5.75 Å². The van der Waals surface area contributed by atoms with Gasteiger partial charge in [-0.2, -0.15) is 0 Å². The van der Waals surface area contributed by atoms with Gasteiger partial charge in [0.05, 0.1) is 18.7 Å². The molecule has 1 aromatic rings. The average Bonchev–Trinajstić information content (AvgIpc) is 0.776. The lowest BCUT2D eigenvalue weighted by atomic mass is 9.78. The van der Waals surface area contributed by atoms with Gasteiger partial charge in [-0.05, 0) is 423 Å². The molecular formula is C112H212N18O6. The van der Waals surface area contributed by atoms with Gasteiger partial charge < -0.3 is 87.7 Å². The van der Waals surface area contributed by atoms with E-state index in [0.29, 0.717) is 61.8 Å². The fourth-order valence-electron chi connectivity index (χ4n) is 29.6. The van der Waals surface area contributed by atoms with E-state index in [-0.39, 0.29) is 159 Å². The number of likely N-dealkylation sites (N-methyl/N-ethyl adjacent to an activating group) is 1. The number of rotatable bonds is 32. The van der Waals surface area contributed by atoms with E-state index in [1.54, 1.807) is 32.0 Å². The number of hydrogen-bond donors (Lipinski definition) is 11.